The topological polar surface area (TPSA) is 83.6 Å². The number of carbonyl (C=O) groups excluding carboxylic acids is 1. The summed E-state index contributed by atoms with van der Waals surface area (Å²) in [6, 6.07) is -0.565. The molecule has 0 bridgehead atoms. The first kappa shape index (κ1) is 11.2. The highest BCUT2D eigenvalue weighted by Gasteiger charge is 2.51. The molecule has 3 N–H and O–H groups in total. The van der Waals surface area contributed by atoms with Crippen molar-refractivity contribution in [2.24, 2.45) is 5.73 Å². The molecular weight excluding hydrogens is 228 g/mol. The maximum Gasteiger partial charge on any atom is 0.352 e. The number of allylic oxidation sites excluding steroid dienone is 1. The molecule has 16 heavy (non-hydrogen) atoms. The SMILES string of the molecule is C=CCC1=C(C(=O)O)N2C(=O)C(N)[C@@H]2SC1. The van der Waals surface area contributed by atoms with Gasteiger partial charge >= 0.3 is 5.97 Å². The number of rotatable bonds is 3. The first-order valence-electron chi connectivity index (χ1n) is 4.84. The Morgan fingerprint density at radius 3 is 3.00 bits per heavy atom. The molecule has 1 amide bonds. The van der Waals surface area contributed by atoms with Crippen LogP contribution in [0.2, 0.25) is 0 Å². The summed E-state index contributed by atoms with van der Waals surface area (Å²) in [6.07, 6.45) is 2.13. The van der Waals surface area contributed by atoms with Gasteiger partial charge in [0.05, 0.1) is 0 Å². The van der Waals surface area contributed by atoms with Crippen molar-refractivity contribution in [2.75, 3.05) is 5.75 Å². The summed E-state index contributed by atoms with van der Waals surface area (Å²) in [5.74, 6) is -0.783. The van der Waals surface area contributed by atoms with Crippen molar-refractivity contribution in [2.45, 2.75) is 17.8 Å². The zero-order chi connectivity index (χ0) is 11.9. The molecule has 0 aromatic heterocycles. The summed E-state index contributed by atoms with van der Waals surface area (Å²) in [5.41, 5.74) is 6.43. The Morgan fingerprint density at radius 2 is 2.44 bits per heavy atom. The summed E-state index contributed by atoms with van der Waals surface area (Å²) in [4.78, 5) is 24.0. The zero-order valence-electron chi connectivity index (χ0n) is 8.55. The van der Waals surface area contributed by atoms with Gasteiger partial charge in [-0.1, -0.05) is 6.08 Å². The predicted octanol–water partition coefficient (Wildman–Crippen LogP) is 0.144. The number of carbonyl (C=O) groups is 2. The number of carboxylic acids is 1. The van der Waals surface area contributed by atoms with E-state index < -0.39 is 12.0 Å². The standard InChI is InChI=1S/C10H12N2O3S/c1-2-3-5-4-16-9-6(11)8(13)12(9)7(5)10(14)15/h2,6,9H,1,3-4,11H2,(H,14,15)/t6?,9-/m0/s1. The monoisotopic (exact) mass is 240 g/mol. The molecule has 0 aromatic rings. The third-order valence-corrected chi connectivity index (χ3v) is 4.04. The molecule has 1 fully saturated rings. The van der Waals surface area contributed by atoms with Crippen LogP contribution in [0.15, 0.2) is 23.9 Å². The number of hydrogen-bond acceptors (Lipinski definition) is 4. The highest BCUT2D eigenvalue weighted by molar-refractivity contribution is 8.00. The van der Waals surface area contributed by atoms with E-state index in [0.29, 0.717) is 12.2 Å². The minimum Gasteiger partial charge on any atom is -0.477 e. The highest BCUT2D eigenvalue weighted by atomic mass is 32.2. The fraction of sp³-hybridized carbons (Fsp3) is 0.400. The minimum atomic E-state index is -1.07. The Bertz CT molecular complexity index is 405. The molecule has 0 aliphatic carbocycles. The molecule has 0 aromatic carbocycles. The Morgan fingerprint density at radius 1 is 1.75 bits per heavy atom. The van der Waals surface area contributed by atoms with E-state index in [2.05, 4.69) is 6.58 Å². The van der Waals surface area contributed by atoms with Crippen molar-refractivity contribution >= 4 is 23.6 Å². The number of carboxylic acid groups (broad SMARTS) is 1. The molecule has 86 valence electrons. The summed E-state index contributed by atoms with van der Waals surface area (Å²) < 4.78 is 0. The van der Waals surface area contributed by atoms with E-state index in [1.54, 1.807) is 6.08 Å². The van der Waals surface area contributed by atoms with E-state index >= 15 is 0 Å². The molecule has 2 aliphatic heterocycles. The largest absolute Gasteiger partial charge is 0.477 e. The third-order valence-electron chi connectivity index (χ3n) is 2.68. The van der Waals surface area contributed by atoms with Crippen LogP contribution >= 0.6 is 11.8 Å². The fourth-order valence-electron chi connectivity index (χ4n) is 1.91. The minimum absolute atomic E-state index is 0.0929. The number of aliphatic carboxylic acids is 1. The molecule has 1 saturated heterocycles. The smallest absolute Gasteiger partial charge is 0.352 e. The van der Waals surface area contributed by atoms with Crippen LogP contribution in [0, 0.1) is 0 Å². The van der Waals surface area contributed by atoms with Gasteiger partial charge in [0.2, 0.25) is 5.91 Å². The number of amides is 1. The summed E-state index contributed by atoms with van der Waals surface area (Å²) in [6.45, 7) is 3.58. The normalized spacial score (nSPS) is 28.6. The Hall–Kier alpha value is -1.27. The van der Waals surface area contributed by atoms with Gasteiger partial charge in [0.25, 0.3) is 0 Å². The predicted molar refractivity (Wildman–Crippen MR) is 60.5 cm³/mol. The Kier molecular flexibility index (Phi) is 2.77. The second kappa shape index (κ2) is 3.95. The van der Waals surface area contributed by atoms with Gasteiger partial charge in [-0.15, -0.1) is 18.3 Å². The summed E-state index contributed by atoms with van der Waals surface area (Å²) in [7, 11) is 0. The van der Waals surface area contributed by atoms with Gasteiger partial charge in [-0.05, 0) is 12.0 Å². The van der Waals surface area contributed by atoms with E-state index in [9.17, 15) is 9.59 Å². The average molecular weight is 240 g/mol. The summed E-state index contributed by atoms with van der Waals surface area (Å²) >= 11 is 1.51. The molecule has 0 saturated carbocycles. The molecular formula is C10H12N2O3S. The second-order valence-corrected chi connectivity index (χ2v) is 4.79. The molecule has 2 heterocycles. The van der Waals surface area contributed by atoms with Crippen LogP contribution in [-0.4, -0.2) is 39.1 Å². The lowest BCUT2D eigenvalue weighted by atomic mass is 10.0. The van der Waals surface area contributed by atoms with E-state index in [0.717, 1.165) is 5.57 Å². The Labute approximate surface area is 97.0 Å². The average Bonchev–Trinajstić information content (AvgIpc) is 2.27. The highest BCUT2D eigenvalue weighted by Crippen LogP contribution is 2.40. The number of hydrogen-bond donors (Lipinski definition) is 2. The third kappa shape index (κ3) is 1.45. The van der Waals surface area contributed by atoms with Crippen molar-refractivity contribution < 1.29 is 14.7 Å². The van der Waals surface area contributed by atoms with Crippen LogP contribution in [0.25, 0.3) is 0 Å². The van der Waals surface area contributed by atoms with Gasteiger partial charge < -0.3 is 10.8 Å². The van der Waals surface area contributed by atoms with Crippen LogP contribution in [0.1, 0.15) is 6.42 Å². The number of nitrogens with zero attached hydrogens (tertiary/aromatic N) is 1. The van der Waals surface area contributed by atoms with Crippen molar-refractivity contribution in [3.05, 3.63) is 23.9 Å². The quantitative estimate of drug-likeness (QED) is 0.541. The van der Waals surface area contributed by atoms with Crippen molar-refractivity contribution in [3.8, 4) is 0 Å². The summed E-state index contributed by atoms with van der Waals surface area (Å²) in [5, 5.41) is 8.91. The zero-order valence-corrected chi connectivity index (χ0v) is 9.37. The molecule has 6 heteroatoms. The molecule has 5 nitrogen and oxygen atoms in total. The van der Waals surface area contributed by atoms with Crippen LogP contribution < -0.4 is 5.73 Å². The van der Waals surface area contributed by atoms with Gasteiger partial charge in [0, 0.05) is 5.75 Å². The van der Waals surface area contributed by atoms with Gasteiger partial charge in [0.15, 0.2) is 0 Å². The second-order valence-electron chi connectivity index (χ2n) is 3.69. The van der Waals surface area contributed by atoms with Gasteiger partial charge in [-0.3, -0.25) is 9.69 Å². The van der Waals surface area contributed by atoms with Crippen molar-refractivity contribution in [1.29, 1.82) is 0 Å². The molecule has 1 unspecified atom stereocenters. The number of fused-ring (bicyclic) bond motifs is 1. The first-order chi connectivity index (χ1) is 7.57. The van der Waals surface area contributed by atoms with Crippen LogP contribution in [0.5, 0.6) is 0 Å². The van der Waals surface area contributed by atoms with Gasteiger partial charge in [-0.2, -0.15) is 0 Å². The Balaban J connectivity index is 2.37. The molecule has 0 spiro atoms. The van der Waals surface area contributed by atoms with Gasteiger partial charge in [0.1, 0.15) is 17.1 Å². The van der Waals surface area contributed by atoms with Crippen LogP contribution in [-0.2, 0) is 9.59 Å². The molecule has 2 atom stereocenters. The first-order valence-corrected chi connectivity index (χ1v) is 5.89. The lowest BCUT2D eigenvalue weighted by Crippen LogP contribution is -2.68. The fourth-order valence-corrected chi connectivity index (χ4v) is 3.22. The van der Waals surface area contributed by atoms with Crippen molar-refractivity contribution in [1.82, 2.24) is 4.90 Å². The lowest BCUT2D eigenvalue weighted by molar-refractivity contribution is -0.148. The number of nitrogens with two attached hydrogens (primary N) is 1. The maximum atomic E-state index is 11.5. The van der Waals surface area contributed by atoms with E-state index in [-0.39, 0.29) is 17.0 Å². The van der Waals surface area contributed by atoms with Crippen LogP contribution in [0.3, 0.4) is 0 Å². The van der Waals surface area contributed by atoms with Gasteiger partial charge in [-0.25, -0.2) is 4.79 Å². The van der Waals surface area contributed by atoms with E-state index in [1.807, 2.05) is 0 Å². The maximum absolute atomic E-state index is 11.5. The lowest BCUT2D eigenvalue weighted by Gasteiger charge is -2.48. The van der Waals surface area contributed by atoms with E-state index in [1.165, 1.54) is 16.7 Å². The van der Waals surface area contributed by atoms with Crippen molar-refractivity contribution in [3.63, 3.8) is 0 Å². The number of β-lactam (4-membered cyclic amide) rings is 1. The number of thioether (sulfide) groups is 1. The molecule has 0 radical (unpaired) electrons. The van der Waals surface area contributed by atoms with E-state index in [4.69, 9.17) is 10.8 Å². The molecule has 2 aliphatic rings. The molecule has 2 rings (SSSR count). The van der Waals surface area contributed by atoms with Crippen LogP contribution in [0.4, 0.5) is 0 Å².